The summed E-state index contributed by atoms with van der Waals surface area (Å²) in [5, 5.41) is -0.302. The fourth-order valence-electron chi connectivity index (χ4n) is 2.68. The molecule has 3 rings (SSSR count). The Balaban J connectivity index is 1.65. The zero-order chi connectivity index (χ0) is 20.1. The first-order valence-corrected chi connectivity index (χ1v) is 9.50. The average Bonchev–Trinajstić information content (AvgIpc) is 2.96. The third kappa shape index (κ3) is 4.48. The number of carbonyl (C=O) groups excluding carboxylic acids is 2. The molecule has 1 aliphatic heterocycles. The number of thioether (sulfide) groups is 1. The minimum atomic E-state index is -0.322. The zero-order valence-electron chi connectivity index (χ0n) is 15.9. The van der Waals surface area contributed by atoms with Crippen LogP contribution in [0.1, 0.15) is 11.1 Å². The van der Waals surface area contributed by atoms with Crippen LogP contribution in [0.4, 0.5) is 4.79 Å². The van der Waals surface area contributed by atoms with E-state index in [-0.39, 0.29) is 24.3 Å². The van der Waals surface area contributed by atoms with Crippen LogP contribution in [-0.4, -0.2) is 43.4 Å². The number of ether oxygens (including phenoxy) is 3. The molecule has 0 bridgehead atoms. The van der Waals surface area contributed by atoms with E-state index in [0.29, 0.717) is 22.2 Å². The van der Waals surface area contributed by atoms with Gasteiger partial charge in [0, 0.05) is 0 Å². The fraction of sp³-hybridized carbons (Fsp3) is 0.238. The lowest BCUT2D eigenvalue weighted by Crippen LogP contribution is -2.32. The first-order valence-electron chi connectivity index (χ1n) is 8.68. The van der Waals surface area contributed by atoms with Crippen molar-refractivity contribution in [2.45, 2.75) is 6.92 Å². The lowest BCUT2D eigenvalue weighted by atomic mass is 10.2. The fourth-order valence-corrected chi connectivity index (χ4v) is 3.54. The van der Waals surface area contributed by atoms with Gasteiger partial charge in [0.2, 0.25) is 0 Å². The third-order valence-corrected chi connectivity index (χ3v) is 5.09. The van der Waals surface area contributed by atoms with Crippen LogP contribution in [0.5, 0.6) is 17.2 Å². The molecule has 6 nitrogen and oxygen atoms in total. The molecule has 28 heavy (non-hydrogen) atoms. The topological polar surface area (TPSA) is 65.1 Å². The standard InChI is InChI=1S/C21H21NO5S/c1-14-4-7-16(8-5-14)27-11-10-22-20(23)19(28-21(22)24)13-15-6-9-17(25-2)18(12-15)26-3/h4-9,12-13H,10-11H2,1-3H3/b19-13-. The van der Waals surface area contributed by atoms with Gasteiger partial charge in [0.15, 0.2) is 11.5 Å². The first kappa shape index (κ1) is 19.8. The molecule has 0 spiro atoms. The summed E-state index contributed by atoms with van der Waals surface area (Å²) in [5.41, 5.74) is 1.89. The van der Waals surface area contributed by atoms with E-state index in [1.165, 1.54) is 4.90 Å². The highest BCUT2D eigenvalue weighted by Crippen LogP contribution is 2.34. The molecule has 2 aromatic carbocycles. The molecule has 0 aromatic heterocycles. The van der Waals surface area contributed by atoms with Crippen molar-refractivity contribution >= 4 is 29.0 Å². The smallest absolute Gasteiger partial charge is 0.293 e. The minimum Gasteiger partial charge on any atom is -0.493 e. The lowest BCUT2D eigenvalue weighted by molar-refractivity contribution is -0.123. The first-order chi connectivity index (χ1) is 13.5. The number of amides is 2. The maximum absolute atomic E-state index is 12.6. The molecule has 1 fully saturated rings. The van der Waals surface area contributed by atoms with Crippen LogP contribution in [0.15, 0.2) is 47.4 Å². The minimum absolute atomic E-state index is 0.196. The molecular formula is C21H21NO5S. The largest absolute Gasteiger partial charge is 0.493 e. The summed E-state index contributed by atoms with van der Waals surface area (Å²) in [6.07, 6.45) is 1.67. The van der Waals surface area contributed by atoms with Gasteiger partial charge in [-0.25, -0.2) is 0 Å². The Labute approximate surface area is 168 Å². The average molecular weight is 399 g/mol. The summed E-state index contributed by atoms with van der Waals surface area (Å²) in [6, 6.07) is 12.9. The Kier molecular flexibility index (Phi) is 6.26. The number of hydrogen-bond acceptors (Lipinski definition) is 6. The number of carbonyl (C=O) groups is 2. The molecule has 7 heteroatoms. The van der Waals surface area contributed by atoms with Gasteiger partial charge in [0.05, 0.1) is 25.7 Å². The zero-order valence-corrected chi connectivity index (χ0v) is 16.7. The van der Waals surface area contributed by atoms with Crippen molar-refractivity contribution in [1.29, 1.82) is 0 Å². The molecule has 0 unspecified atom stereocenters. The van der Waals surface area contributed by atoms with Crippen molar-refractivity contribution in [2.24, 2.45) is 0 Å². The van der Waals surface area contributed by atoms with Crippen LogP contribution in [0, 0.1) is 6.92 Å². The maximum atomic E-state index is 12.6. The number of methoxy groups -OCH3 is 2. The number of aryl methyl sites for hydroxylation is 1. The lowest BCUT2D eigenvalue weighted by Gasteiger charge is -2.13. The Morgan fingerprint density at radius 2 is 1.71 bits per heavy atom. The monoisotopic (exact) mass is 399 g/mol. The number of imide groups is 1. The van der Waals surface area contributed by atoms with Crippen LogP contribution in [0.3, 0.4) is 0 Å². The van der Waals surface area contributed by atoms with Gasteiger partial charge in [-0.3, -0.25) is 14.5 Å². The summed E-state index contributed by atoms with van der Waals surface area (Å²) in [6.45, 7) is 2.43. The van der Waals surface area contributed by atoms with Crippen LogP contribution in [0.2, 0.25) is 0 Å². The van der Waals surface area contributed by atoms with Crippen molar-refractivity contribution in [3.8, 4) is 17.2 Å². The summed E-state index contributed by atoms with van der Waals surface area (Å²) in [7, 11) is 3.10. The third-order valence-electron chi connectivity index (χ3n) is 4.18. The molecule has 0 radical (unpaired) electrons. The summed E-state index contributed by atoms with van der Waals surface area (Å²) in [5.74, 6) is 1.54. The molecule has 0 N–H and O–H groups in total. The number of nitrogens with zero attached hydrogens (tertiary/aromatic N) is 1. The van der Waals surface area contributed by atoms with Crippen molar-refractivity contribution in [2.75, 3.05) is 27.4 Å². The SMILES string of the molecule is COc1ccc(/C=C2\SC(=O)N(CCOc3ccc(C)cc3)C2=O)cc1OC. The van der Waals surface area contributed by atoms with Crippen LogP contribution in [-0.2, 0) is 4.79 Å². The highest BCUT2D eigenvalue weighted by molar-refractivity contribution is 8.18. The van der Waals surface area contributed by atoms with E-state index in [1.807, 2.05) is 31.2 Å². The number of rotatable bonds is 7. The molecule has 0 aliphatic carbocycles. The van der Waals surface area contributed by atoms with Crippen LogP contribution >= 0.6 is 11.8 Å². The highest BCUT2D eigenvalue weighted by atomic mass is 32.2. The van der Waals surface area contributed by atoms with Gasteiger partial charge in [-0.2, -0.15) is 0 Å². The van der Waals surface area contributed by atoms with Gasteiger partial charge in [0.1, 0.15) is 12.4 Å². The predicted octanol–water partition coefficient (Wildman–Crippen LogP) is 4.13. The number of hydrogen-bond donors (Lipinski definition) is 0. The van der Waals surface area contributed by atoms with E-state index in [1.54, 1.807) is 38.5 Å². The summed E-state index contributed by atoms with van der Waals surface area (Å²) >= 11 is 0.919. The van der Waals surface area contributed by atoms with E-state index in [0.717, 1.165) is 22.9 Å². The van der Waals surface area contributed by atoms with Crippen molar-refractivity contribution < 1.29 is 23.8 Å². The van der Waals surface area contributed by atoms with Gasteiger partial charge in [-0.05, 0) is 54.6 Å². The van der Waals surface area contributed by atoms with Gasteiger partial charge in [-0.15, -0.1) is 0 Å². The normalized spacial score (nSPS) is 15.2. The summed E-state index contributed by atoms with van der Waals surface area (Å²) in [4.78, 5) is 26.4. The van der Waals surface area contributed by atoms with E-state index in [9.17, 15) is 9.59 Å². The maximum Gasteiger partial charge on any atom is 0.293 e. The second-order valence-electron chi connectivity index (χ2n) is 6.11. The molecule has 146 valence electrons. The molecule has 1 aliphatic rings. The van der Waals surface area contributed by atoms with Crippen molar-refractivity contribution in [1.82, 2.24) is 4.90 Å². The van der Waals surface area contributed by atoms with Gasteiger partial charge in [-0.1, -0.05) is 23.8 Å². The van der Waals surface area contributed by atoms with E-state index >= 15 is 0 Å². The van der Waals surface area contributed by atoms with E-state index in [4.69, 9.17) is 14.2 Å². The molecule has 2 amide bonds. The number of benzene rings is 2. The predicted molar refractivity (Wildman–Crippen MR) is 109 cm³/mol. The van der Waals surface area contributed by atoms with E-state index < -0.39 is 0 Å². The highest BCUT2D eigenvalue weighted by Gasteiger charge is 2.34. The second kappa shape index (κ2) is 8.84. The molecule has 1 saturated heterocycles. The Morgan fingerprint density at radius 3 is 2.39 bits per heavy atom. The molecular weight excluding hydrogens is 378 g/mol. The molecule has 1 heterocycles. The van der Waals surface area contributed by atoms with Gasteiger partial charge < -0.3 is 14.2 Å². The van der Waals surface area contributed by atoms with Crippen molar-refractivity contribution in [3.05, 3.63) is 58.5 Å². The molecule has 2 aromatic rings. The Bertz CT molecular complexity index is 908. The summed E-state index contributed by atoms with van der Waals surface area (Å²) < 4.78 is 16.1. The van der Waals surface area contributed by atoms with Crippen LogP contribution < -0.4 is 14.2 Å². The Morgan fingerprint density at radius 1 is 1.00 bits per heavy atom. The Hall–Kier alpha value is -2.93. The molecule has 0 saturated carbocycles. The second-order valence-corrected chi connectivity index (χ2v) is 7.10. The van der Waals surface area contributed by atoms with Crippen LogP contribution in [0.25, 0.3) is 6.08 Å². The quantitative estimate of drug-likeness (QED) is 0.653. The van der Waals surface area contributed by atoms with Gasteiger partial charge in [0.25, 0.3) is 11.1 Å². The van der Waals surface area contributed by atoms with Gasteiger partial charge >= 0.3 is 0 Å². The molecule has 0 atom stereocenters. The van der Waals surface area contributed by atoms with E-state index in [2.05, 4.69) is 0 Å². The van der Waals surface area contributed by atoms with Crippen molar-refractivity contribution in [3.63, 3.8) is 0 Å².